The van der Waals surface area contributed by atoms with Gasteiger partial charge in [0.15, 0.2) is 0 Å². The van der Waals surface area contributed by atoms with Gasteiger partial charge < -0.3 is 5.32 Å². The molecule has 0 fully saturated rings. The van der Waals surface area contributed by atoms with Crippen LogP contribution in [0.25, 0.3) is 0 Å². The van der Waals surface area contributed by atoms with E-state index < -0.39 is 10.0 Å². The SMILES string of the molecule is CC(NC(=O)CN(c1ccccc1Br)S(C)(=O)=O)c1ccc(C(C)(C)C)cc1. The second kappa shape index (κ2) is 8.66. The zero-order chi connectivity index (χ0) is 21.1. The Hall–Kier alpha value is -1.86. The molecular formula is C21H27BrN2O3S. The highest BCUT2D eigenvalue weighted by Gasteiger charge is 2.23. The fourth-order valence-electron chi connectivity index (χ4n) is 2.81. The van der Waals surface area contributed by atoms with Crippen molar-refractivity contribution >= 4 is 37.5 Å². The number of rotatable bonds is 6. The van der Waals surface area contributed by atoms with Crippen molar-refractivity contribution in [1.29, 1.82) is 0 Å². The monoisotopic (exact) mass is 466 g/mol. The lowest BCUT2D eigenvalue weighted by molar-refractivity contribution is -0.120. The maximum absolute atomic E-state index is 12.6. The lowest BCUT2D eigenvalue weighted by Gasteiger charge is -2.24. The van der Waals surface area contributed by atoms with Gasteiger partial charge in [-0.05, 0) is 51.5 Å². The van der Waals surface area contributed by atoms with Crippen LogP contribution in [0.1, 0.15) is 44.9 Å². The number of carbonyl (C=O) groups is 1. The molecule has 0 bridgehead atoms. The third kappa shape index (κ3) is 5.82. The highest BCUT2D eigenvalue weighted by atomic mass is 79.9. The van der Waals surface area contributed by atoms with E-state index in [-0.39, 0.29) is 23.9 Å². The summed E-state index contributed by atoms with van der Waals surface area (Å²) < 4.78 is 26.2. The molecule has 0 saturated heterocycles. The number of para-hydroxylation sites is 1. The van der Waals surface area contributed by atoms with Gasteiger partial charge in [0.2, 0.25) is 15.9 Å². The molecule has 152 valence electrons. The molecule has 0 spiro atoms. The fraction of sp³-hybridized carbons (Fsp3) is 0.381. The second-order valence-electron chi connectivity index (χ2n) is 7.88. The molecule has 1 unspecified atom stereocenters. The van der Waals surface area contributed by atoms with Crippen LogP contribution in [0.3, 0.4) is 0 Å². The Balaban J connectivity index is 2.13. The maximum Gasteiger partial charge on any atom is 0.241 e. The third-order valence-corrected chi connectivity index (χ3v) is 6.26. The number of sulfonamides is 1. The summed E-state index contributed by atoms with van der Waals surface area (Å²) >= 11 is 3.35. The Morgan fingerprint density at radius 2 is 1.68 bits per heavy atom. The van der Waals surface area contributed by atoms with Gasteiger partial charge in [0.05, 0.1) is 18.0 Å². The molecule has 7 heteroatoms. The lowest BCUT2D eigenvalue weighted by Crippen LogP contribution is -2.41. The molecule has 5 nitrogen and oxygen atoms in total. The fourth-order valence-corrected chi connectivity index (χ4v) is 4.29. The van der Waals surface area contributed by atoms with Crippen LogP contribution in [0.5, 0.6) is 0 Å². The third-order valence-electron chi connectivity index (χ3n) is 4.46. The normalized spacial score (nSPS) is 13.1. The molecule has 0 aliphatic heterocycles. The highest BCUT2D eigenvalue weighted by molar-refractivity contribution is 9.10. The Bertz CT molecular complexity index is 935. The van der Waals surface area contributed by atoms with Crippen LogP contribution in [0.4, 0.5) is 5.69 Å². The zero-order valence-electron chi connectivity index (χ0n) is 16.9. The van der Waals surface area contributed by atoms with E-state index in [0.29, 0.717) is 10.2 Å². The minimum atomic E-state index is -3.62. The number of nitrogens with zero attached hydrogens (tertiary/aromatic N) is 1. The Labute approximate surface area is 176 Å². The van der Waals surface area contributed by atoms with E-state index in [1.165, 1.54) is 5.56 Å². The van der Waals surface area contributed by atoms with Crippen molar-refractivity contribution in [2.24, 2.45) is 0 Å². The maximum atomic E-state index is 12.6. The van der Waals surface area contributed by atoms with Gasteiger partial charge in [-0.25, -0.2) is 8.42 Å². The number of amides is 1. The molecule has 0 aliphatic rings. The molecule has 2 aromatic carbocycles. The van der Waals surface area contributed by atoms with Crippen LogP contribution in [0.15, 0.2) is 53.0 Å². The van der Waals surface area contributed by atoms with Crippen LogP contribution in [-0.2, 0) is 20.2 Å². The molecule has 1 N–H and O–H groups in total. The quantitative estimate of drug-likeness (QED) is 0.686. The van der Waals surface area contributed by atoms with Crippen molar-refractivity contribution < 1.29 is 13.2 Å². The van der Waals surface area contributed by atoms with E-state index in [0.717, 1.165) is 16.1 Å². The van der Waals surface area contributed by atoms with Crippen molar-refractivity contribution in [2.75, 3.05) is 17.1 Å². The molecule has 28 heavy (non-hydrogen) atoms. The molecular weight excluding hydrogens is 440 g/mol. The van der Waals surface area contributed by atoms with Crippen molar-refractivity contribution in [3.63, 3.8) is 0 Å². The number of hydrogen-bond acceptors (Lipinski definition) is 3. The van der Waals surface area contributed by atoms with Gasteiger partial charge >= 0.3 is 0 Å². The first-order valence-corrected chi connectivity index (χ1v) is 11.7. The molecule has 0 radical (unpaired) electrons. The Morgan fingerprint density at radius 1 is 1.11 bits per heavy atom. The van der Waals surface area contributed by atoms with Crippen LogP contribution in [0.2, 0.25) is 0 Å². The minimum absolute atomic E-state index is 0.0596. The smallest absolute Gasteiger partial charge is 0.241 e. The average Bonchev–Trinajstić information content (AvgIpc) is 2.59. The summed E-state index contributed by atoms with van der Waals surface area (Å²) in [6, 6.07) is 14.8. The van der Waals surface area contributed by atoms with Gasteiger partial charge in [0.25, 0.3) is 0 Å². The van der Waals surface area contributed by atoms with Gasteiger partial charge in [-0.1, -0.05) is 57.2 Å². The topological polar surface area (TPSA) is 66.5 Å². The zero-order valence-corrected chi connectivity index (χ0v) is 19.3. The van der Waals surface area contributed by atoms with Gasteiger partial charge in [0.1, 0.15) is 6.54 Å². The lowest BCUT2D eigenvalue weighted by atomic mass is 9.86. The first-order chi connectivity index (χ1) is 12.9. The van der Waals surface area contributed by atoms with Crippen molar-refractivity contribution in [3.05, 3.63) is 64.1 Å². The summed E-state index contributed by atoms with van der Waals surface area (Å²) in [5.74, 6) is -0.367. The van der Waals surface area contributed by atoms with Gasteiger partial charge in [-0.2, -0.15) is 0 Å². The predicted octanol–water partition coefficient (Wildman–Crippen LogP) is 4.39. The van der Waals surface area contributed by atoms with Crippen LogP contribution >= 0.6 is 15.9 Å². The molecule has 2 rings (SSSR count). The number of nitrogens with one attached hydrogen (secondary N) is 1. The number of carbonyl (C=O) groups excluding carboxylic acids is 1. The molecule has 1 atom stereocenters. The largest absolute Gasteiger partial charge is 0.348 e. The number of hydrogen-bond donors (Lipinski definition) is 1. The van der Waals surface area contributed by atoms with Crippen molar-refractivity contribution in [2.45, 2.75) is 39.2 Å². The summed E-state index contributed by atoms with van der Waals surface area (Å²) in [4.78, 5) is 12.6. The summed E-state index contributed by atoms with van der Waals surface area (Å²) in [5, 5.41) is 2.89. The van der Waals surface area contributed by atoms with Crippen LogP contribution in [0, 0.1) is 0 Å². The summed E-state index contributed by atoms with van der Waals surface area (Å²) in [7, 11) is -3.62. The first kappa shape index (κ1) is 22.4. The van der Waals surface area contributed by atoms with Gasteiger partial charge in [-0.15, -0.1) is 0 Å². The van der Waals surface area contributed by atoms with Gasteiger partial charge in [-0.3, -0.25) is 9.10 Å². The average molecular weight is 467 g/mol. The minimum Gasteiger partial charge on any atom is -0.348 e. The number of benzene rings is 2. The summed E-state index contributed by atoms with van der Waals surface area (Å²) in [5.41, 5.74) is 2.67. The van der Waals surface area contributed by atoms with Crippen LogP contribution in [-0.4, -0.2) is 27.1 Å². The summed E-state index contributed by atoms with van der Waals surface area (Å²) in [6.45, 7) is 8.04. The molecule has 0 saturated carbocycles. The van der Waals surface area contributed by atoms with Crippen molar-refractivity contribution in [1.82, 2.24) is 5.32 Å². The van der Waals surface area contributed by atoms with E-state index in [1.54, 1.807) is 24.3 Å². The number of anilines is 1. The van der Waals surface area contributed by atoms with Crippen molar-refractivity contribution in [3.8, 4) is 0 Å². The van der Waals surface area contributed by atoms with E-state index in [4.69, 9.17) is 0 Å². The molecule has 0 heterocycles. The van der Waals surface area contributed by atoms with Crippen LogP contribution < -0.4 is 9.62 Å². The Kier molecular flexibility index (Phi) is 6.93. The Morgan fingerprint density at radius 3 is 2.18 bits per heavy atom. The van der Waals surface area contributed by atoms with E-state index >= 15 is 0 Å². The van der Waals surface area contributed by atoms with E-state index in [9.17, 15) is 13.2 Å². The highest BCUT2D eigenvalue weighted by Crippen LogP contribution is 2.28. The molecule has 0 aliphatic carbocycles. The van der Waals surface area contributed by atoms with E-state index in [2.05, 4.69) is 54.2 Å². The first-order valence-electron chi connectivity index (χ1n) is 9.01. The molecule has 0 aromatic heterocycles. The molecule has 1 amide bonds. The van der Waals surface area contributed by atoms with E-state index in [1.807, 2.05) is 19.1 Å². The number of halogens is 1. The summed E-state index contributed by atoms with van der Waals surface area (Å²) in [6.07, 6.45) is 1.09. The standard InChI is InChI=1S/C21H27BrN2O3S/c1-15(16-10-12-17(13-11-16)21(2,3)4)23-20(25)14-24(28(5,26)27)19-9-7-6-8-18(19)22/h6-13,15H,14H2,1-5H3,(H,23,25). The van der Waals surface area contributed by atoms with Gasteiger partial charge in [0, 0.05) is 4.47 Å². The second-order valence-corrected chi connectivity index (χ2v) is 10.6. The predicted molar refractivity (Wildman–Crippen MR) is 118 cm³/mol. The molecule has 2 aromatic rings.